The van der Waals surface area contributed by atoms with Crippen molar-refractivity contribution in [1.29, 1.82) is 0 Å². The first kappa shape index (κ1) is 25.6. The number of imidazole rings is 1. The monoisotopic (exact) mass is 489 g/mol. The van der Waals surface area contributed by atoms with Crippen LogP contribution < -0.4 is 5.32 Å². The molecule has 2 heterocycles. The molecule has 3 aromatic rings. The largest absolute Gasteiger partial charge is 0.465 e. The molecular weight excluding hydrogens is 454 g/mol. The summed E-state index contributed by atoms with van der Waals surface area (Å²) in [5.74, 6) is 0.353. The number of carbonyl (C=O) groups is 2. The van der Waals surface area contributed by atoms with Gasteiger partial charge in [0, 0.05) is 25.9 Å². The Hall–Kier alpha value is -3.45. The van der Waals surface area contributed by atoms with E-state index in [0.29, 0.717) is 25.3 Å². The molecule has 0 saturated heterocycles. The van der Waals surface area contributed by atoms with Crippen LogP contribution >= 0.6 is 0 Å². The zero-order valence-electron chi connectivity index (χ0n) is 21.8. The maximum absolute atomic E-state index is 12.8. The van der Waals surface area contributed by atoms with Gasteiger partial charge in [-0.15, -0.1) is 0 Å². The van der Waals surface area contributed by atoms with Crippen LogP contribution in [0.2, 0.25) is 0 Å². The number of ether oxygens (including phenoxy) is 2. The third kappa shape index (κ3) is 5.51. The number of rotatable bonds is 7. The van der Waals surface area contributed by atoms with Crippen LogP contribution in [0, 0.1) is 0 Å². The van der Waals surface area contributed by atoms with Crippen LogP contribution in [-0.4, -0.2) is 40.2 Å². The van der Waals surface area contributed by atoms with E-state index in [1.807, 2.05) is 58.0 Å². The predicted molar refractivity (Wildman–Crippen MR) is 139 cm³/mol. The Kier molecular flexibility index (Phi) is 7.59. The van der Waals surface area contributed by atoms with E-state index in [-0.39, 0.29) is 11.9 Å². The normalized spacial score (nSPS) is 15.3. The number of esters is 2. The molecule has 190 valence electrons. The first-order chi connectivity index (χ1) is 17.2. The van der Waals surface area contributed by atoms with Crippen LogP contribution in [0.3, 0.4) is 0 Å². The number of fused-ring (bicyclic) bond motifs is 1. The fraction of sp³-hybridized carbons (Fsp3) is 0.414. The average Bonchev–Trinajstić information content (AvgIpc) is 3.21. The lowest BCUT2D eigenvalue weighted by Gasteiger charge is -2.24. The molecule has 7 nitrogen and oxygen atoms in total. The summed E-state index contributed by atoms with van der Waals surface area (Å²) >= 11 is 0. The summed E-state index contributed by atoms with van der Waals surface area (Å²) < 4.78 is 13.1. The second-order valence-corrected chi connectivity index (χ2v) is 9.93. The summed E-state index contributed by atoms with van der Waals surface area (Å²) in [7, 11) is 0. The smallest absolute Gasteiger partial charge is 0.339 e. The fourth-order valence-corrected chi connectivity index (χ4v) is 4.59. The zero-order chi connectivity index (χ0) is 25.9. The molecule has 0 radical (unpaired) electrons. The highest BCUT2D eigenvalue weighted by molar-refractivity contribution is 5.97. The number of nitrogens with one attached hydrogen (secondary N) is 1. The lowest BCUT2D eigenvalue weighted by atomic mass is 9.98. The molecule has 1 unspecified atom stereocenters. The highest BCUT2D eigenvalue weighted by Crippen LogP contribution is 2.29. The average molecular weight is 490 g/mol. The van der Waals surface area contributed by atoms with Gasteiger partial charge in [0.2, 0.25) is 0 Å². The van der Waals surface area contributed by atoms with Crippen molar-refractivity contribution >= 4 is 11.9 Å². The number of benzene rings is 2. The van der Waals surface area contributed by atoms with Crippen molar-refractivity contribution in [2.45, 2.75) is 65.6 Å². The molecule has 1 aliphatic rings. The van der Waals surface area contributed by atoms with E-state index in [1.165, 1.54) is 0 Å². The molecule has 0 aliphatic carbocycles. The summed E-state index contributed by atoms with van der Waals surface area (Å²) in [6, 6.07) is 15.1. The molecule has 1 N–H and O–H groups in total. The van der Waals surface area contributed by atoms with E-state index in [4.69, 9.17) is 14.5 Å². The van der Waals surface area contributed by atoms with E-state index in [9.17, 15) is 9.59 Å². The minimum absolute atomic E-state index is 0.267. The van der Waals surface area contributed by atoms with Gasteiger partial charge >= 0.3 is 11.9 Å². The molecule has 0 bridgehead atoms. The van der Waals surface area contributed by atoms with Gasteiger partial charge in [-0.2, -0.15) is 0 Å². The van der Waals surface area contributed by atoms with E-state index in [1.54, 1.807) is 6.07 Å². The van der Waals surface area contributed by atoms with Gasteiger partial charge in [-0.05, 0) is 50.5 Å². The minimum atomic E-state index is -0.564. The number of hydrogen-bond acceptors (Lipinski definition) is 6. The molecule has 0 saturated carbocycles. The van der Waals surface area contributed by atoms with Gasteiger partial charge in [0.05, 0.1) is 23.6 Å². The third-order valence-electron chi connectivity index (χ3n) is 6.14. The Balaban J connectivity index is 1.63. The molecular formula is C29H35N3O4. The standard InChI is InChI=1S/C29H35N3O4/c1-6-24-31-23-16-17-30-25(28(34)35-7-2)26(23)32(24)18-19-12-14-20(15-13-19)21-10-8-9-11-22(21)27(33)36-29(3,4)5/h8-15,25,30H,6-7,16-18H2,1-5H3. The van der Waals surface area contributed by atoms with Gasteiger partial charge in [-0.3, -0.25) is 5.32 Å². The van der Waals surface area contributed by atoms with E-state index in [2.05, 4.69) is 28.9 Å². The zero-order valence-corrected chi connectivity index (χ0v) is 21.8. The van der Waals surface area contributed by atoms with Crippen molar-refractivity contribution in [3.63, 3.8) is 0 Å². The summed E-state index contributed by atoms with van der Waals surface area (Å²) in [6.07, 6.45) is 1.55. The van der Waals surface area contributed by atoms with Crippen LogP contribution in [0.5, 0.6) is 0 Å². The molecule has 2 aromatic carbocycles. The molecule has 36 heavy (non-hydrogen) atoms. The first-order valence-electron chi connectivity index (χ1n) is 12.6. The van der Waals surface area contributed by atoms with Crippen molar-refractivity contribution in [3.8, 4) is 11.1 Å². The van der Waals surface area contributed by atoms with Gasteiger partial charge in [-0.1, -0.05) is 49.4 Å². The fourth-order valence-electron chi connectivity index (χ4n) is 4.59. The highest BCUT2D eigenvalue weighted by Gasteiger charge is 2.33. The Morgan fingerprint density at radius 2 is 1.81 bits per heavy atom. The number of aryl methyl sites for hydroxylation is 1. The predicted octanol–water partition coefficient (Wildman–Crippen LogP) is 4.87. The molecule has 4 rings (SSSR count). The van der Waals surface area contributed by atoms with E-state index >= 15 is 0 Å². The topological polar surface area (TPSA) is 82.5 Å². The second-order valence-electron chi connectivity index (χ2n) is 9.93. The van der Waals surface area contributed by atoms with Crippen molar-refractivity contribution in [1.82, 2.24) is 14.9 Å². The van der Waals surface area contributed by atoms with Gasteiger partial charge in [-0.25, -0.2) is 14.6 Å². The molecule has 1 atom stereocenters. The highest BCUT2D eigenvalue weighted by atomic mass is 16.6. The molecule has 7 heteroatoms. The van der Waals surface area contributed by atoms with E-state index in [0.717, 1.165) is 46.7 Å². The summed E-state index contributed by atoms with van der Waals surface area (Å²) in [5.41, 5.74) is 4.69. The van der Waals surface area contributed by atoms with Crippen LogP contribution in [0.1, 0.15) is 73.8 Å². The van der Waals surface area contributed by atoms with Crippen molar-refractivity contribution in [3.05, 3.63) is 76.9 Å². The summed E-state index contributed by atoms with van der Waals surface area (Å²) in [6.45, 7) is 11.1. The van der Waals surface area contributed by atoms with Gasteiger partial charge in [0.1, 0.15) is 17.5 Å². The van der Waals surface area contributed by atoms with Crippen molar-refractivity contribution in [2.75, 3.05) is 13.2 Å². The first-order valence-corrected chi connectivity index (χ1v) is 12.6. The second kappa shape index (κ2) is 10.7. The molecule has 0 spiro atoms. The maximum Gasteiger partial charge on any atom is 0.339 e. The van der Waals surface area contributed by atoms with Gasteiger partial charge in [0.15, 0.2) is 0 Å². The van der Waals surface area contributed by atoms with Crippen LogP contribution in [0.25, 0.3) is 11.1 Å². The SMILES string of the molecule is CCOC(=O)C1NCCc2nc(CC)n(Cc3ccc(-c4ccccc4C(=O)OC(C)(C)C)cc3)c21. The summed E-state index contributed by atoms with van der Waals surface area (Å²) in [5, 5.41) is 3.31. The lowest BCUT2D eigenvalue weighted by molar-refractivity contribution is -0.146. The third-order valence-corrected chi connectivity index (χ3v) is 6.14. The van der Waals surface area contributed by atoms with Crippen LogP contribution in [0.4, 0.5) is 0 Å². The molecule has 1 aliphatic heterocycles. The van der Waals surface area contributed by atoms with Crippen molar-refractivity contribution < 1.29 is 19.1 Å². The number of aromatic nitrogens is 2. The number of carbonyl (C=O) groups excluding carboxylic acids is 2. The van der Waals surface area contributed by atoms with Gasteiger partial charge < -0.3 is 14.0 Å². The Morgan fingerprint density at radius 3 is 2.47 bits per heavy atom. The number of nitrogens with zero attached hydrogens (tertiary/aromatic N) is 2. The Bertz CT molecular complexity index is 1240. The van der Waals surface area contributed by atoms with Crippen LogP contribution in [-0.2, 0) is 33.7 Å². The quantitative estimate of drug-likeness (QED) is 0.477. The summed E-state index contributed by atoms with van der Waals surface area (Å²) in [4.78, 5) is 30.3. The lowest BCUT2D eigenvalue weighted by Crippen LogP contribution is -2.37. The molecule has 1 aromatic heterocycles. The van der Waals surface area contributed by atoms with Gasteiger partial charge in [0.25, 0.3) is 0 Å². The van der Waals surface area contributed by atoms with E-state index < -0.39 is 11.6 Å². The Labute approximate surface area is 212 Å². The maximum atomic E-state index is 12.8. The molecule has 0 amide bonds. The molecule has 0 fully saturated rings. The van der Waals surface area contributed by atoms with Crippen LogP contribution in [0.15, 0.2) is 48.5 Å². The van der Waals surface area contributed by atoms with Crippen molar-refractivity contribution in [2.24, 2.45) is 0 Å². The number of hydrogen-bond donors (Lipinski definition) is 1. The minimum Gasteiger partial charge on any atom is -0.465 e. The Morgan fingerprint density at radius 1 is 1.08 bits per heavy atom.